The number of nitrogens with two attached hydrogens (primary N) is 1. The Balaban J connectivity index is 2.22. The fourth-order valence-corrected chi connectivity index (χ4v) is 2.29. The highest BCUT2D eigenvalue weighted by Gasteiger charge is 2.05. The van der Waals surface area contributed by atoms with E-state index in [0.717, 1.165) is 23.0 Å². The summed E-state index contributed by atoms with van der Waals surface area (Å²) in [5, 5.41) is 0. The van der Waals surface area contributed by atoms with Crippen molar-refractivity contribution in [2.75, 3.05) is 6.54 Å². The number of rotatable bonds is 4. The molecule has 0 atom stereocenters. The van der Waals surface area contributed by atoms with Crippen LogP contribution in [0.4, 0.5) is 4.39 Å². The Morgan fingerprint density at radius 3 is 2.82 bits per heavy atom. The van der Waals surface area contributed by atoms with Crippen LogP contribution in [0.1, 0.15) is 11.3 Å². The van der Waals surface area contributed by atoms with Gasteiger partial charge in [0.05, 0.1) is 0 Å². The van der Waals surface area contributed by atoms with Crippen LogP contribution in [0.15, 0.2) is 41.0 Å². The lowest BCUT2D eigenvalue weighted by molar-refractivity contribution is 0.624. The number of hydrogen-bond donors (Lipinski definition) is 1. The molecule has 0 saturated heterocycles. The molecular formula is C13H14BrFN2. The first-order chi connectivity index (χ1) is 8.20. The van der Waals surface area contributed by atoms with Gasteiger partial charge in [0, 0.05) is 22.9 Å². The van der Waals surface area contributed by atoms with Crippen molar-refractivity contribution < 1.29 is 4.39 Å². The maximum atomic E-state index is 13.0. The molecule has 2 N–H and O–H groups in total. The Labute approximate surface area is 108 Å². The zero-order valence-electron chi connectivity index (χ0n) is 9.37. The molecule has 90 valence electrons. The second-order valence-electron chi connectivity index (χ2n) is 3.90. The standard InChI is InChI=1S/C13H14BrFN2/c14-13-8-11(15)4-3-10(13)9-17-7-1-2-12(17)5-6-16/h1-4,7-8H,5-6,9,16H2. The first-order valence-electron chi connectivity index (χ1n) is 5.48. The van der Waals surface area contributed by atoms with Crippen LogP contribution in [0.25, 0.3) is 0 Å². The van der Waals surface area contributed by atoms with Crippen LogP contribution in [0.2, 0.25) is 0 Å². The van der Waals surface area contributed by atoms with Gasteiger partial charge in [0.15, 0.2) is 0 Å². The van der Waals surface area contributed by atoms with E-state index in [1.165, 1.54) is 17.8 Å². The predicted octanol–water partition coefficient (Wildman–Crippen LogP) is 2.94. The van der Waals surface area contributed by atoms with Crippen molar-refractivity contribution in [3.63, 3.8) is 0 Å². The van der Waals surface area contributed by atoms with Crippen LogP contribution >= 0.6 is 15.9 Å². The summed E-state index contributed by atoms with van der Waals surface area (Å²) in [7, 11) is 0. The molecule has 1 aromatic heterocycles. The first-order valence-corrected chi connectivity index (χ1v) is 6.28. The summed E-state index contributed by atoms with van der Waals surface area (Å²) in [6.07, 6.45) is 2.87. The minimum absolute atomic E-state index is 0.227. The highest BCUT2D eigenvalue weighted by molar-refractivity contribution is 9.10. The van der Waals surface area contributed by atoms with Gasteiger partial charge in [-0.1, -0.05) is 22.0 Å². The van der Waals surface area contributed by atoms with Gasteiger partial charge in [0.2, 0.25) is 0 Å². The molecule has 2 aromatic rings. The maximum absolute atomic E-state index is 13.0. The van der Waals surface area contributed by atoms with Crippen LogP contribution in [-0.4, -0.2) is 11.1 Å². The molecule has 0 spiro atoms. The molecule has 0 aliphatic heterocycles. The summed E-state index contributed by atoms with van der Waals surface area (Å²) in [5.41, 5.74) is 7.81. The van der Waals surface area contributed by atoms with Gasteiger partial charge in [-0.3, -0.25) is 0 Å². The van der Waals surface area contributed by atoms with Gasteiger partial charge in [-0.15, -0.1) is 0 Å². The van der Waals surface area contributed by atoms with E-state index in [1.54, 1.807) is 6.07 Å². The van der Waals surface area contributed by atoms with E-state index in [0.29, 0.717) is 6.54 Å². The topological polar surface area (TPSA) is 30.9 Å². The van der Waals surface area contributed by atoms with E-state index in [2.05, 4.69) is 26.6 Å². The van der Waals surface area contributed by atoms with E-state index >= 15 is 0 Å². The molecule has 0 bridgehead atoms. The van der Waals surface area contributed by atoms with Crippen LogP contribution in [0, 0.1) is 5.82 Å². The van der Waals surface area contributed by atoms with Crippen molar-refractivity contribution in [1.29, 1.82) is 0 Å². The summed E-state index contributed by atoms with van der Waals surface area (Å²) < 4.78 is 15.9. The molecule has 0 amide bonds. The minimum atomic E-state index is -0.227. The number of benzene rings is 1. The van der Waals surface area contributed by atoms with Crippen LogP contribution < -0.4 is 5.73 Å². The molecule has 4 heteroatoms. The third-order valence-corrected chi connectivity index (χ3v) is 3.42. The summed E-state index contributed by atoms with van der Waals surface area (Å²) >= 11 is 3.38. The highest BCUT2D eigenvalue weighted by Crippen LogP contribution is 2.20. The van der Waals surface area contributed by atoms with Gasteiger partial charge in [0.25, 0.3) is 0 Å². The molecule has 17 heavy (non-hydrogen) atoms. The van der Waals surface area contributed by atoms with E-state index in [4.69, 9.17) is 5.73 Å². The molecule has 0 fully saturated rings. The third-order valence-electron chi connectivity index (χ3n) is 2.68. The van der Waals surface area contributed by atoms with Gasteiger partial charge in [-0.25, -0.2) is 4.39 Å². The molecule has 2 rings (SSSR count). The molecule has 0 aliphatic carbocycles. The largest absolute Gasteiger partial charge is 0.347 e. The number of aromatic nitrogens is 1. The Morgan fingerprint density at radius 2 is 2.12 bits per heavy atom. The smallest absolute Gasteiger partial charge is 0.124 e. The van der Waals surface area contributed by atoms with Crippen molar-refractivity contribution in [2.24, 2.45) is 5.73 Å². The SMILES string of the molecule is NCCc1cccn1Cc1ccc(F)cc1Br. The van der Waals surface area contributed by atoms with E-state index < -0.39 is 0 Å². The maximum Gasteiger partial charge on any atom is 0.124 e. The Bertz CT molecular complexity index is 508. The zero-order chi connectivity index (χ0) is 12.3. The molecular weight excluding hydrogens is 283 g/mol. The second kappa shape index (κ2) is 5.47. The summed E-state index contributed by atoms with van der Waals surface area (Å²) in [5.74, 6) is -0.227. The lowest BCUT2D eigenvalue weighted by Crippen LogP contribution is -2.09. The molecule has 0 saturated carbocycles. The second-order valence-corrected chi connectivity index (χ2v) is 4.76. The van der Waals surface area contributed by atoms with Gasteiger partial charge in [-0.05, 0) is 42.8 Å². The lowest BCUT2D eigenvalue weighted by atomic mass is 10.2. The number of halogens is 2. The van der Waals surface area contributed by atoms with Crippen LogP contribution in [0.3, 0.4) is 0 Å². The van der Waals surface area contributed by atoms with Gasteiger partial charge in [0.1, 0.15) is 5.82 Å². The minimum Gasteiger partial charge on any atom is -0.347 e. The molecule has 0 aliphatic rings. The van der Waals surface area contributed by atoms with Crippen molar-refractivity contribution in [3.05, 3.63) is 58.1 Å². The zero-order valence-corrected chi connectivity index (χ0v) is 11.0. The van der Waals surface area contributed by atoms with E-state index in [-0.39, 0.29) is 5.82 Å². The van der Waals surface area contributed by atoms with Crippen LogP contribution in [-0.2, 0) is 13.0 Å². The fraction of sp³-hybridized carbons (Fsp3) is 0.231. The third kappa shape index (κ3) is 2.96. The highest BCUT2D eigenvalue weighted by atomic mass is 79.9. The summed E-state index contributed by atoms with van der Waals surface area (Å²) in [6, 6.07) is 8.83. The van der Waals surface area contributed by atoms with Gasteiger partial charge < -0.3 is 10.3 Å². The first kappa shape index (κ1) is 12.3. The van der Waals surface area contributed by atoms with E-state index in [1.807, 2.05) is 12.3 Å². The average molecular weight is 297 g/mol. The van der Waals surface area contributed by atoms with Crippen molar-refractivity contribution in [2.45, 2.75) is 13.0 Å². The van der Waals surface area contributed by atoms with Crippen molar-refractivity contribution >= 4 is 15.9 Å². The molecule has 0 radical (unpaired) electrons. The summed E-state index contributed by atoms with van der Waals surface area (Å²) in [4.78, 5) is 0. The quantitative estimate of drug-likeness (QED) is 0.924. The monoisotopic (exact) mass is 296 g/mol. The van der Waals surface area contributed by atoms with Crippen molar-refractivity contribution in [1.82, 2.24) is 4.57 Å². The van der Waals surface area contributed by atoms with E-state index in [9.17, 15) is 4.39 Å². The number of nitrogens with zero attached hydrogens (tertiary/aromatic N) is 1. The Hall–Kier alpha value is -1.13. The Kier molecular flexibility index (Phi) is 3.97. The summed E-state index contributed by atoms with van der Waals surface area (Å²) in [6.45, 7) is 1.36. The Morgan fingerprint density at radius 1 is 1.29 bits per heavy atom. The van der Waals surface area contributed by atoms with Crippen molar-refractivity contribution in [3.8, 4) is 0 Å². The van der Waals surface area contributed by atoms with Crippen LogP contribution in [0.5, 0.6) is 0 Å². The lowest BCUT2D eigenvalue weighted by Gasteiger charge is -2.10. The predicted molar refractivity (Wildman–Crippen MR) is 70.4 cm³/mol. The molecule has 1 heterocycles. The molecule has 0 unspecified atom stereocenters. The fourth-order valence-electron chi connectivity index (χ4n) is 1.81. The normalized spacial score (nSPS) is 10.8. The average Bonchev–Trinajstić information content (AvgIpc) is 2.71. The molecule has 2 nitrogen and oxygen atoms in total. The molecule has 1 aromatic carbocycles. The van der Waals surface area contributed by atoms with Gasteiger partial charge in [-0.2, -0.15) is 0 Å². The number of hydrogen-bond acceptors (Lipinski definition) is 1. The van der Waals surface area contributed by atoms with Gasteiger partial charge >= 0.3 is 0 Å².